The van der Waals surface area contributed by atoms with Crippen molar-refractivity contribution in [3.05, 3.63) is 29.3 Å². The van der Waals surface area contributed by atoms with Crippen molar-refractivity contribution in [2.45, 2.75) is 37.8 Å². The molecule has 1 aromatic carbocycles. The van der Waals surface area contributed by atoms with E-state index in [1.807, 2.05) is 13.8 Å². The van der Waals surface area contributed by atoms with Crippen LogP contribution in [-0.2, 0) is 18.6 Å². The number of carbonyl (C=O) groups excluding carboxylic acids is 2. The number of benzene rings is 1. The van der Waals surface area contributed by atoms with Crippen molar-refractivity contribution in [1.29, 1.82) is 0 Å². The van der Waals surface area contributed by atoms with Crippen LogP contribution < -0.4 is 10.5 Å². The molecule has 4 rings (SSSR count). The number of hydrogen-bond donors (Lipinski definition) is 2. The van der Waals surface area contributed by atoms with Crippen LogP contribution in [0.3, 0.4) is 0 Å². The third kappa shape index (κ3) is 3.12. The van der Waals surface area contributed by atoms with Crippen LogP contribution in [-0.4, -0.2) is 53.6 Å². The number of carbonyl (C=O) groups is 2. The van der Waals surface area contributed by atoms with E-state index >= 15 is 0 Å². The van der Waals surface area contributed by atoms with Gasteiger partial charge in [0.2, 0.25) is 5.91 Å². The molecule has 3 atom stereocenters. The zero-order valence-electron chi connectivity index (χ0n) is 15.0. The molecule has 2 bridgehead atoms. The van der Waals surface area contributed by atoms with E-state index in [1.54, 1.807) is 18.2 Å². The van der Waals surface area contributed by atoms with E-state index in [0.29, 0.717) is 24.5 Å². The normalized spacial score (nSPS) is 28.4. The number of ether oxygens (including phenoxy) is 3. The molecule has 0 aliphatic carbocycles. The van der Waals surface area contributed by atoms with E-state index in [-0.39, 0.29) is 12.6 Å². The van der Waals surface area contributed by atoms with Crippen LogP contribution in [0, 0.1) is 0 Å². The van der Waals surface area contributed by atoms with Gasteiger partial charge >= 0.3 is 6.03 Å². The summed E-state index contributed by atoms with van der Waals surface area (Å²) in [6.07, 6.45) is -0.171. The first kappa shape index (κ1) is 18.4. The summed E-state index contributed by atoms with van der Waals surface area (Å²) < 4.78 is 22.0. The number of nitrogens with zero attached hydrogens (tertiary/aromatic N) is 2. The van der Waals surface area contributed by atoms with Crippen molar-refractivity contribution in [3.8, 4) is 5.75 Å². The van der Waals surface area contributed by atoms with E-state index in [4.69, 9.17) is 24.2 Å². The second-order valence-corrected chi connectivity index (χ2v) is 7.38. The van der Waals surface area contributed by atoms with Crippen molar-refractivity contribution in [2.24, 2.45) is 5.73 Å². The Bertz CT molecular complexity index is 788. The highest BCUT2D eigenvalue weighted by Gasteiger charge is 2.50. The van der Waals surface area contributed by atoms with Crippen LogP contribution >= 0.6 is 12.9 Å². The summed E-state index contributed by atoms with van der Waals surface area (Å²) in [5.41, 5.74) is 6.96. The van der Waals surface area contributed by atoms with Crippen LogP contribution in [0.25, 0.3) is 0 Å². The van der Waals surface area contributed by atoms with E-state index in [2.05, 4.69) is 12.9 Å². The minimum atomic E-state index is -0.848. The highest BCUT2D eigenvalue weighted by atomic mass is 32.1. The fourth-order valence-corrected chi connectivity index (χ4v) is 4.00. The minimum absolute atomic E-state index is 0.171. The molecule has 3 heterocycles. The highest BCUT2D eigenvalue weighted by Crippen LogP contribution is 2.45. The minimum Gasteiger partial charge on any atom is -0.491 e. The largest absolute Gasteiger partial charge is 0.491 e. The second kappa shape index (κ2) is 6.55. The second-order valence-electron chi connectivity index (χ2n) is 7.22. The first-order valence-electron chi connectivity index (χ1n) is 8.60. The van der Waals surface area contributed by atoms with Gasteiger partial charge in [-0.05, 0) is 37.1 Å². The van der Waals surface area contributed by atoms with Crippen molar-refractivity contribution >= 4 is 24.8 Å². The Hall–Kier alpha value is -2.01. The molecule has 3 unspecified atom stereocenters. The molecule has 27 heavy (non-hydrogen) atoms. The fourth-order valence-electron chi connectivity index (χ4n) is 3.82. The molecule has 0 spiro atoms. The predicted molar refractivity (Wildman–Crippen MR) is 95.5 cm³/mol. The molecule has 2 N–H and O–H groups in total. The number of hydrogen-bond acceptors (Lipinski definition) is 7. The van der Waals surface area contributed by atoms with Crippen molar-refractivity contribution in [3.63, 3.8) is 0 Å². The van der Waals surface area contributed by atoms with Gasteiger partial charge in [0, 0.05) is 12.9 Å². The standard InChI is InChI=1S/C17H21N3O6S/c1-17(2)24-8-10(25-17)7-23-9-3-4-11-12(5-9)13-6-19(14(11)15(18)21)16(22)20(13)26-27/h3-5,10,13-14,27H,6-8H2,1-2H3,(H2,18,21). The van der Waals surface area contributed by atoms with E-state index in [1.165, 1.54) is 4.90 Å². The van der Waals surface area contributed by atoms with Gasteiger partial charge in [-0.15, -0.1) is 0 Å². The maximum Gasteiger partial charge on any atom is 0.346 e. The Kier molecular flexibility index (Phi) is 4.46. The molecule has 0 aromatic heterocycles. The van der Waals surface area contributed by atoms with Crippen LogP contribution in [0.15, 0.2) is 18.2 Å². The van der Waals surface area contributed by atoms with Gasteiger partial charge in [-0.1, -0.05) is 6.07 Å². The third-order valence-electron chi connectivity index (χ3n) is 4.97. The number of urea groups is 1. The summed E-state index contributed by atoms with van der Waals surface area (Å²) >= 11 is 3.77. The molecular formula is C17H21N3O6S. The number of fused-ring (bicyclic) bond motifs is 4. The van der Waals surface area contributed by atoms with Gasteiger partial charge in [0.25, 0.3) is 0 Å². The number of hydroxylamine groups is 2. The molecule has 2 fully saturated rings. The Morgan fingerprint density at radius 3 is 2.81 bits per heavy atom. The van der Waals surface area contributed by atoms with Gasteiger partial charge < -0.3 is 24.8 Å². The van der Waals surface area contributed by atoms with Gasteiger partial charge in [0.05, 0.1) is 13.2 Å². The molecule has 146 valence electrons. The molecular weight excluding hydrogens is 374 g/mol. The molecule has 3 aliphatic rings. The maximum absolute atomic E-state index is 12.5. The number of thiol groups is 1. The Morgan fingerprint density at radius 1 is 1.41 bits per heavy atom. The lowest BCUT2D eigenvalue weighted by Crippen LogP contribution is -2.41. The molecule has 9 nitrogen and oxygen atoms in total. The average molecular weight is 395 g/mol. The number of amides is 3. The molecule has 3 aliphatic heterocycles. The van der Waals surface area contributed by atoms with Crippen LogP contribution in [0.1, 0.15) is 37.1 Å². The fraction of sp³-hybridized carbons (Fsp3) is 0.529. The topological polar surface area (TPSA) is 104 Å². The molecule has 3 amide bonds. The Balaban J connectivity index is 1.58. The summed E-state index contributed by atoms with van der Waals surface area (Å²) in [5.74, 6) is -0.620. The summed E-state index contributed by atoms with van der Waals surface area (Å²) in [4.78, 5) is 25.8. The van der Waals surface area contributed by atoms with E-state index in [0.717, 1.165) is 10.6 Å². The monoisotopic (exact) mass is 395 g/mol. The summed E-state index contributed by atoms with van der Waals surface area (Å²) in [6.45, 7) is 4.77. The lowest BCUT2D eigenvalue weighted by molar-refractivity contribution is -0.141. The van der Waals surface area contributed by atoms with Crippen LogP contribution in [0.2, 0.25) is 0 Å². The molecule has 1 aromatic rings. The van der Waals surface area contributed by atoms with E-state index in [9.17, 15) is 9.59 Å². The van der Waals surface area contributed by atoms with E-state index < -0.39 is 29.8 Å². The van der Waals surface area contributed by atoms with Crippen molar-refractivity contribution < 1.29 is 28.1 Å². The Labute approximate surface area is 161 Å². The van der Waals surface area contributed by atoms with Crippen molar-refractivity contribution in [1.82, 2.24) is 9.96 Å². The summed E-state index contributed by atoms with van der Waals surface area (Å²) in [7, 11) is 0. The lowest BCUT2D eigenvalue weighted by atomic mass is 9.90. The van der Waals surface area contributed by atoms with Gasteiger partial charge in [-0.2, -0.15) is 5.06 Å². The Morgan fingerprint density at radius 2 is 2.19 bits per heavy atom. The quantitative estimate of drug-likeness (QED) is 0.576. The van der Waals surface area contributed by atoms with Gasteiger partial charge in [-0.3, -0.25) is 4.79 Å². The first-order chi connectivity index (χ1) is 12.8. The number of rotatable bonds is 5. The zero-order valence-corrected chi connectivity index (χ0v) is 15.8. The third-order valence-corrected chi connectivity index (χ3v) is 5.15. The SMILES string of the molecule is CC1(C)OCC(COc2ccc3c(c2)C2CN(C(=O)N2OS)C3C(N)=O)O1. The average Bonchev–Trinajstić information content (AvgIpc) is 3.11. The molecule has 2 saturated heterocycles. The lowest BCUT2D eigenvalue weighted by Gasteiger charge is -2.31. The number of nitrogens with two attached hydrogens (primary N) is 1. The predicted octanol–water partition coefficient (Wildman–Crippen LogP) is 1.31. The first-order valence-corrected chi connectivity index (χ1v) is 8.96. The number of primary amides is 1. The van der Waals surface area contributed by atoms with Gasteiger partial charge in [0.15, 0.2) is 5.79 Å². The van der Waals surface area contributed by atoms with Crippen LogP contribution in [0.5, 0.6) is 5.75 Å². The molecule has 0 radical (unpaired) electrons. The summed E-state index contributed by atoms with van der Waals surface area (Å²) in [6, 6.07) is 3.61. The molecule has 0 saturated carbocycles. The van der Waals surface area contributed by atoms with Gasteiger partial charge in [0.1, 0.15) is 30.5 Å². The van der Waals surface area contributed by atoms with Crippen LogP contribution in [0.4, 0.5) is 4.79 Å². The molecule has 10 heteroatoms. The highest BCUT2D eigenvalue weighted by molar-refractivity contribution is 7.75. The van der Waals surface area contributed by atoms with Crippen molar-refractivity contribution in [2.75, 3.05) is 19.8 Å². The smallest absolute Gasteiger partial charge is 0.346 e. The zero-order chi connectivity index (χ0) is 19.3. The summed E-state index contributed by atoms with van der Waals surface area (Å²) in [5, 5.41) is 1.13. The maximum atomic E-state index is 12.5. The van der Waals surface area contributed by atoms with Gasteiger partial charge in [-0.25, -0.2) is 9.08 Å².